The standard InChI is InChI=1S/C26H29N3O3S/c30-25(27-22-17-28-12-9-19(22)10-13-28)23-15-21-8-4-7-20(24(21)33-23)11-14-29(26(31)32)16-18-5-2-1-3-6-18/h1-8,15,19,22H,9-14,16-17H2,(H,27,30)(H,31,32)/t22-/m0/s1. The van der Waals surface area contributed by atoms with Gasteiger partial charge in [-0.05, 0) is 60.8 Å². The fourth-order valence-electron chi connectivity index (χ4n) is 5.10. The molecule has 6 nitrogen and oxygen atoms in total. The largest absolute Gasteiger partial charge is 0.465 e. The van der Waals surface area contributed by atoms with Crippen LogP contribution in [0.5, 0.6) is 0 Å². The van der Waals surface area contributed by atoms with Crippen molar-refractivity contribution in [3.63, 3.8) is 0 Å². The lowest BCUT2D eigenvalue weighted by molar-refractivity contribution is 0.0622. The number of nitrogens with one attached hydrogen (secondary N) is 1. The summed E-state index contributed by atoms with van der Waals surface area (Å²) in [5.74, 6) is 0.604. The highest BCUT2D eigenvalue weighted by Gasteiger charge is 2.35. The minimum atomic E-state index is -0.921. The zero-order valence-electron chi connectivity index (χ0n) is 18.6. The highest BCUT2D eigenvalue weighted by molar-refractivity contribution is 7.21. The van der Waals surface area contributed by atoms with Crippen LogP contribution in [-0.2, 0) is 13.0 Å². The van der Waals surface area contributed by atoms with Crippen LogP contribution in [0.2, 0.25) is 0 Å². The monoisotopic (exact) mass is 463 g/mol. The van der Waals surface area contributed by atoms with E-state index in [9.17, 15) is 14.7 Å². The van der Waals surface area contributed by atoms with Gasteiger partial charge >= 0.3 is 6.09 Å². The molecule has 3 aliphatic heterocycles. The Labute approximate surface area is 197 Å². The van der Waals surface area contributed by atoms with Crippen molar-refractivity contribution >= 4 is 33.4 Å². The Balaban J connectivity index is 1.28. The first-order valence-electron chi connectivity index (χ1n) is 11.6. The Morgan fingerprint density at radius 1 is 1.09 bits per heavy atom. The number of hydrogen-bond acceptors (Lipinski definition) is 4. The molecule has 1 aromatic heterocycles. The molecule has 0 unspecified atom stereocenters. The Bertz CT molecular complexity index is 1140. The van der Waals surface area contributed by atoms with Crippen LogP contribution in [0.1, 0.15) is 33.6 Å². The topological polar surface area (TPSA) is 72.9 Å². The Morgan fingerprint density at radius 3 is 2.58 bits per heavy atom. The summed E-state index contributed by atoms with van der Waals surface area (Å²) in [7, 11) is 0. The van der Waals surface area contributed by atoms with Gasteiger partial charge in [0.25, 0.3) is 5.91 Å². The zero-order valence-corrected chi connectivity index (χ0v) is 19.4. The molecule has 0 aliphatic carbocycles. The maximum Gasteiger partial charge on any atom is 0.407 e. The number of carboxylic acid groups (broad SMARTS) is 1. The second-order valence-corrected chi connectivity index (χ2v) is 10.2. The number of carbonyl (C=O) groups excluding carboxylic acids is 1. The van der Waals surface area contributed by atoms with Crippen LogP contribution < -0.4 is 5.32 Å². The number of amides is 2. The third kappa shape index (κ3) is 4.89. The van der Waals surface area contributed by atoms with Gasteiger partial charge in [-0.15, -0.1) is 11.3 Å². The molecule has 33 heavy (non-hydrogen) atoms. The van der Waals surface area contributed by atoms with E-state index >= 15 is 0 Å². The van der Waals surface area contributed by atoms with Gasteiger partial charge in [0.15, 0.2) is 0 Å². The average molecular weight is 464 g/mol. The molecule has 2 aromatic carbocycles. The molecule has 3 aliphatic rings. The number of carbonyl (C=O) groups is 2. The molecule has 3 saturated heterocycles. The molecular weight excluding hydrogens is 434 g/mol. The first kappa shape index (κ1) is 21.9. The molecule has 1 atom stereocenters. The van der Waals surface area contributed by atoms with Crippen molar-refractivity contribution in [1.82, 2.24) is 15.1 Å². The summed E-state index contributed by atoms with van der Waals surface area (Å²) in [5, 5.41) is 14.0. The lowest BCUT2D eigenvalue weighted by atomic mass is 9.84. The number of piperidine rings is 3. The first-order chi connectivity index (χ1) is 16.1. The van der Waals surface area contributed by atoms with E-state index in [1.807, 2.05) is 54.6 Å². The number of benzene rings is 2. The molecule has 2 bridgehead atoms. The Kier molecular flexibility index (Phi) is 6.33. The van der Waals surface area contributed by atoms with Crippen LogP contribution in [0.4, 0.5) is 4.79 Å². The minimum absolute atomic E-state index is 0.0112. The highest BCUT2D eigenvalue weighted by atomic mass is 32.1. The van der Waals surface area contributed by atoms with Crippen LogP contribution in [0.15, 0.2) is 54.6 Å². The third-order valence-electron chi connectivity index (χ3n) is 6.96. The maximum absolute atomic E-state index is 13.0. The van der Waals surface area contributed by atoms with E-state index in [0.29, 0.717) is 25.4 Å². The van der Waals surface area contributed by atoms with Gasteiger partial charge in [0.05, 0.1) is 4.88 Å². The molecule has 7 heteroatoms. The van der Waals surface area contributed by atoms with Crippen LogP contribution in [0, 0.1) is 5.92 Å². The number of rotatable bonds is 7. The quantitative estimate of drug-likeness (QED) is 0.543. The fraction of sp³-hybridized carbons (Fsp3) is 0.385. The van der Waals surface area contributed by atoms with Crippen molar-refractivity contribution in [2.75, 3.05) is 26.2 Å². The van der Waals surface area contributed by atoms with E-state index in [-0.39, 0.29) is 11.9 Å². The van der Waals surface area contributed by atoms with E-state index in [4.69, 9.17) is 0 Å². The SMILES string of the molecule is O=C(N[C@H]1CN2CCC1CC2)c1cc2cccc(CCN(Cc3ccccc3)C(=O)O)c2s1. The van der Waals surface area contributed by atoms with Gasteiger partial charge in [-0.2, -0.15) is 0 Å². The number of fused-ring (bicyclic) bond motifs is 4. The summed E-state index contributed by atoms with van der Waals surface area (Å²) in [4.78, 5) is 29.4. The summed E-state index contributed by atoms with van der Waals surface area (Å²) in [6, 6.07) is 17.9. The van der Waals surface area contributed by atoms with Crippen LogP contribution >= 0.6 is 11.3 Å². The van der Waals surface area contributed by atoms with E-state index in [1.54, 1.807) is 0 Å². The van der Waals surface area contributed by atoms with Gasteiger partial charge in [0.2, 0.25) is 0 Å². The molecule has 0 radical (unpaired) electrons. The average Bonchev–Trinajstić information content (AvgIpc) is 3.28. The van der Waals surface area contributed by atoms with Gasteiger partial charge in [-0.25, -0.2) is 4.79 Å². The normalized spacial score (nSPS) is 21.8. The first-order valence-corrected chi connectivity index (χ1v) is 12.4. The van der Waals surface area contributed by atoms with Crippen LogP contribution in [0.25, 0.3) is 10.1 Å². The Morgan fingerprint density at radius 2 is 1.88 bits per heavy atom. The van der Waals surface area contributed by atoms with Crippen molar-refractivity contribution in [2.24, 2.45) is 5.92 Å². The molecule has 0 spiro atoms. The van der Waals surface area contributed by atoms with Gasteiger partial charge in [0, 0.05) is 30.4 Å². The lowest BCUT2D eigenvalue weighted by Gasteiger charge is -2.44. The van der Waals surface area contributed by atoms with E-state index < -0.39 is 6.09 Å². The van der Waals surface area contributed by atoms with Crippen molar-refractivity contribution in [2.45, 2.75) is 31.8 Å². The van der Waals surface area contributed by atoms with Gasteiger partial charge in [-0.3, -0.25) is 4.79 Å². The van der Waals surface area contributed by atoms with Crippen molar-refractivity contribution < 1.29 is 14.7 Å². The fourth-order valence-corrected chi connectivity index (χ4v) is 6.21. The molecule has 6 rings (SSSR count). The molecule has 2 amide bonds. The third-order valence-corrected chi connectivity index (χ3v) is 8.19. The van der Waals surface area contributed by atoms with Crippen molar-refractivity contribution in [1.29, 1.82) is 0 Å². The maximum atomic E-state index is 13.0. The van der Waals surface area contributed by atoms with E-state index in [0.717, 1.165) is 45.7 Å². The molecule has 3 fully saturated rings. The van der Waals surface area contributed by atoms with Gasteiger partial charge in [-0.1, -0.05) is 48.5 Å². The highest BCUT2D eigenvalue weighted by Crippen LogP contribution is 2.31. The smallest absolute Gasteiger partial charge is 0.407 e. The van der Waals surface area contributed by atoms with E-state index in [2.05, 4.69) is 10.2 Å². The zero-order chi connectivity index (χ0) is 22.8. The predicted octanol–water partition coefficient (Wildman–Crippen LogP) is 4.45. The minimum Gasteiger partial charge on any atom is -0.465 e. The number of thiophene rings is 1. The second kappa shape index (κ2) is 9.53. The second-order valence-electron chi connectivity index (χ2n) is 9.10. The molecular formula is C26H29N3O3S. The summed E-state index contributed by atoms with van der Waals surface area (Å²) in [6.07, 6.45) is 2.03. The predicted molar refractivity (Wildman–Crippen MR) is 131 cm³/mol. The summed E-state index contributed by atoms with van der Waals surface area (Å²) in [5.41, 5.74) is 2.06. The number of nitrogens with zero attached hydrogens (tertiary/aromatic N) is 2. The molecule has 172 valence electrons. The summed E-state index contributed by atoms with van der Waals surface area (Å²) in [6.45, 7) is 4.03. The van der Waals surface area contributed by atoms with Crippen LogP contribution in [-0.4, -0.2) is 59.1 Å². The van der Waals surface area contributed by atoms with Gasteiger partial charge < -0.3 is 20.2 Å². The van der Waals surface area contributed by atoms with E-state index in [1.165, 1.54) is 29.1 Å². The number of hydrogen-bond donors (Lipinski definition) is 2. The van der Waals surface area contributed by atoms with Crippen molar-refractivity contribution in [3.05, 3.63) is 70.6 Å². The van der Waals surface area contributed by atoms with Crippen molar-refractivity contribution in [3.8, 4) is 0 Å². The lowest BCUT2D eigenvalue weighted by Crippen LogP contribution is -2.57. The van der Waals surface area contributed by atoms with Crippen LogP contribution in [0.3, 0.4) is 0 Å². The molecule has 4 heterocycles. The molecule has 3 aromatic rings. The molecule has 2 N–H and O–H groups in total. The summed E-state index contributed by atoms with van der Waals surface area (Å²) >= 11 is 1.51. The Hall–Kier alpha value is -2.90. The molecule has 0 saturated carbocycles. The summed E-state index contributed by atoms with van der Waals surface area (Å²) < 4.78 is 1.07. The van der Waals surface area contributed by atoms with Gasteiger partial charge in [0.1, 0.15) is 0 Å².